The Morgan fingerprint density at radius 2 is 1.92 bits per heavy atom. The van der Waals surface area contributed by atoms with E-state index in [1.807, 2.05) is 37.4 Å². The number of halogens is 1. The minimum atomic E-state index is -0.220. The maximum absolute atomic E-state index is 12.1. The van der Waals surface area contributed by atoms with Gasteiger partial charge in [0, 0.05) is 36.0 Å². The normalized spacial score (nSPS) is 14.6. The number of pyridine rings is 1. The molecule has 1 saturated heterocycles. The summed E-state index contributed by atoms with van der Waals surface area (Å²) in [6, 6.07) is 9.69. The van der Waals surface area contributed by atoms with E-state index in [0.29, 0.717) is 6.54 Å². The van der Waals surface area contributed by atoms with E-state index in [1.54, 1.807) is 0 Å². The fourth-order valence-corrected chi connectivity index (χ4v) is 3.45. The number of aromatic nitrogens is 1. The van der Waals surface area contributed by atoms with Gasteiger partial charge in [-0.25, -0.2) is 9.78 Å². The highest BCUT2D eigenvalue weighted by Crippen LogP contribution is 2.20. The average molecular weight is 417 g/mol. The first-order chi connectivity index (χ1) is 12.6. The third kappa shape index (κ3) is 5.21. The first-order valence-electron chi connectivity index (χ1n) is 9.13. The minimum Gasteiger partial charge on any atom is -0.357 e. The zero-order chi connectivity index (χ0) is 18.4. The molecule has 26 heavy (non-hydrogen) atoms. The van der Waals surface area contributed by atoms with Crippen LogP contribution in [0.1, 0.15) is 36.8 Å². The maximum atomic E-state index is 12.1. The summed E-state index contributed by atoms with van der Waals surface area (Å²) in [6.07, 6.45) is 6.95. The summed E-state index contributed by atoms with van der Waals surface area (Å²) in [7, 11) is 0. The molecule has 1 aliphatic heterocycles. The molecule has 0 radical (unpaired) electrons. The summed E-state index contributed by atoms with van der Waals surface area (Å²) < 4.78 is 0.937. The summed E-state index contributed by atoms with van der Waals surface area (Å²) in [4.78, 5) is 19.1. The molecule has 2 amide bonds. The standard InChI is InChI=1S/C20H25BrN4O/c1-15-6-8-17(21)12-18(15)24-20(26)23-14-16-7-9-19(22-13-16)25-10-4-2-3-5-11-25/h6-9,12-13H,2-5,10-11,14H2,1H3,(H2,23,24,26). The van der Waals surface area contributed by atoms with Crippen molar-refractivity contribution >= 4 is 33.5 Å². The smallest absolute Gasteiger partial charge is 0.319 e. The number of carbonyl (C=O) groups is 1. The van der Waals surface area contributed by atoms with Gasteiger partial charge in [-0.15, -0.1) is 0 Å². The second-order valence-corrected chi connectivity index (χ2v) is 7.61. The van der Waals surface area contributed by atoms with Crippen molar-refractivity contribution in [2.45, 2.75) is 39.2 Å². The van der Waals surface area contributed by atoms with Crippen molar-refractivity contribution in [1.29, 1.82) is 0 Å². The average Bonchev–Trinajstić information content (AvgIpc) is 2.93. The van der Waals surface area contributed by atoms with Crippen LogP contribution >= 0.6 is 15.9 Å². The van der Waals surface area contributed by atoms with Crippen LogP contribution < -0.4 is 15.5 Å². The largest absolute Gasteiger partial charge is 0.357 e. The quantitative estimate of drug-likeness (QED) is 0.748. The van der Waals surface area contributed by atoms with Gasteiger partial charge in [-0.3, -0.25) is 0 Å². The molecule has 0 unspecified atom stereocenters. The highest BCUT2D eigenvalue weighted by Gasteiger charge is 2.11. The van der Waals surface area contributed by atoms with E-state index in [2.05, 4.69) is 42.5 Å². The van der Waals surface area contributed by atoms with Crippen molar-refractivity contribution in [3.8, 4) is 0 Å². The summed E-state index contributed by atoms with van der Waals surface area (Å²) >= 11 is 3.42. The number of nitrogens with zero attached hydrogens (tertiary/aromatic N) is 2. The van der Waals surface area contributed by atoms with Crippen molar-refractivity contribution in [2.24, 2.45) is 0 Å². The van der Waals surface area contributed by atoms with Crippen molar-refractivity contribution in [1.82, 2.24) is 10.3 Å². The van der Waals surface area contributed by atoms with Crippen molar-refractivity contribution < 1.29 is 4.79 Å². The Hall–Kier alpha value is -2.08. The molecular formula is C20H25BrN4O. The van der Waals surface area contributed by atoms with Gasteiger partial charge in [0.25, 0.3) is 0 Å². The van der Waals surface area contributed by atoms with Gasteiger partial charge < -0.3 is 15.5 Å². The zero-order valence-corrected chi connectivity index (χ0v) is 16.7. The number of hydrogen-bond donors (Lipinski definition) is 2. The van der Waals surface area contributed by atoms with Crippen LogP contribution in [0.4, 0.5) is 16.3 Å². The monoisotopic (exact) mass is 416 g/mol. The van der Waals surface area contributed by atoms with Gasteiger partial charge in [-0.1, -0.05) is 40.9 Å². The Morgan fingerprint density at radius 1 is 1.15 bits per heavy atom. The van der Waals surface area contributed by atoms with E-state index in [0.717, 1.165) is 40.2 Å². The van der Waals surface area contributed by atoms with Gasteiger partial charge in [-0.2, -0.15) is 0 Å². The molecule has 6 heteroatoms. The summed E-state index contributed by atoms with van der Waals surface area (Å²) in [5.41, 5.74) is 2.81. The minimum absolute atomic E-state index is 0.220. The van der Waals surface area contributed by atoms with Crippen LogP contribution in [0.15, 0.2) is 41.0 Å². The van der Waals surface area contributed by atoms with Crippen molar-refractivity contribution in [2.75, 3.05) is 23.3 Å². The van der Waals surface area contributed by atoms with Crippen LogP contribution in [0.2, 0.25) is 0 Å². The number of carbonyl (C=O) groups excluding carboxylic acids is 1. The molecule has 0 spiro atoms. The fourth-order valence-electron chi connectivity index (χ4n) is 3.09. The van der Waals surface area contributed by atoms with E-state index < -0.39 is 0 Å². The Bertz CT molecular complexity index is 740. The zero-order valence-electron chi connectivity index (χ0n) is 15.1. The number of aryl methyl sites for hydroxylation is 1. The van der Waals surface area contributed by atoms with Gasteiger partial charge in [0.05, 0.1) is 0 Å². The predicted octanol–water partition coefficient (Wildman–Crippen LogP) is 4.85. The molecule has 2 heterocycles. The Balaban J connectivity index is 1.52. The molecule has 5 nitrogen and oxygen atoms in total. The van der Waals surface area contributed by atoms with E-state index in [9.17, 15) is 4.79 Å². The molecule has 2 N–H and O–H groups in total. The SMILES string of the molecule is Cc1ccc(Br)cc1NC(=O)NCc1ccc(N2CCCCCC2)nc1. The van der Waals surface area contributed by atoms with Crippen LogP contribution in [-0.4, -0.2) is 24.1 Å². The van der Waals surface area contributed by atoms with Crippen LogP contribution in [0.3, 0.4) is 0 Å². The molecular weight excluding hydrogens is 392 g/mol. The van der Waals surface area contributed by atoms with Crippen LogP contribution in [0.25, 0.3) is 0 Å². The van der Waals surface area contributed by atoms with Gasteiger partial charge >= 0.3 is 6.03 Å². The molecule has 1 aromatic heterocycles. The fraction of sp³-hybridized carbons (Fsp3) is 0.400. The molecule has 0 bridgehead atoms. The number of benzene rings is 1. The highest BCUT2D eigenvalue weighted by molar-refractivity contribution is 9.10. The predicted molar refractivity (Wildman–Crippen MR) is 110 cm³/mol. The topological polar surface area (TPSA) is 57.3 Å². The van der Waals surface area contributed by atoms with Crippen molar-refractivity contribution in [3.63, 3.8) is 0 Å². The first-order valence-corrected chi connectivity index (χ1v) is 9.92. The summed E-state index contributed by atoms with van der Waals surface area (Å²) in [6.45, 7) is 4.58. The molecule has 1 aromatic carbocycles. The molecule has 2 aromatic rings. The third-order valence-electron chi connectivity index (χ3n) is 4.64. The Labute approximate surface area is 163 Å². The molecule has 1 fully saturated rings. The molecule has 3 rings (SSSR count). The van der Waals surface area contributed by atoms with E-state index >= 15 is 0 Å². The lowest BCUT2D eigenvalue weighted by molar-refractivity contribution is 0.251. The summed E-state index contributed by atoms with van der Waals surface area (Å²) in [5.74, 6) is 1.03. The van der Waals surface area contributed by atoms with Crippen LogP contribution in [0, 0.1) is 6.92 Å². The number of urea groups is 1. The Kier molecular flexibility index (Phi) is 6.50. The lowest BCUT2D eigenvalue weighted by Gasteiger charge is -2.21. The maximum Gasteiger partial charge on any atom is 0.319 e. The van der Waals surface area contributed by atoms with Crippen LogP contribution in [-0.2, 0) is 6.54 Å². The van der Waals surface area contributed by atoms with Crippen LogP contribution in [0.5, 0.6) is 0 Å². The van der Waals surface area contributed by atoms with E-state index in [-0.39, 0.29) is 6.03 Å². The molecule has 0 atom stereocenters. The highest BCUT2D eigenvalue weighted by atomic mass is 79.9. The summed E-state index contributed by atoms with van der Waals surface area (Å²) in [5, 5.41) is 5.77. The van der Waals surface area contributed by atoms with Gasteiger partial charge in [-0.05, 0) is 49.1 Å². The van der Waals surface area contributed by atoms with Gasteiger partial charge in [0.1, 0.15) is 5.82 Å². The van der Waals surface area contributed by atoms with Gasteiger partial charge in [0.2, 0.25) is 0 Å². The second-order valence-electron chi connectivity index (χ2n) is 6.69. The van der Waals surface area contributed by atoms with E-state index in [1.165, 1.54) is 25.7 Å². The molecule has 1 aliphatic rings. The van der Waals surface area contributed by atoms with Crippen molar-refractivity contribution in [3.05, 3.63) is 52.1 Å². The number of nitrogens with one attached hydrogen (secondary N) is 2. The van der Waals surface area contributed by atoms with Gasteiger partial charge in [0.15, 0.2) is 0 Å². The Morgan fingerprint density at radius 3 is 2.62 bits per heavy atom. The number of hydrogen-bond acceptors (Lipinski definition) is 3. The number of amides is 2. The first kappa shape index (κ1) is 18.7. The molecule has 0 saturated carbocycles. The molecule has 138 valence electrons. The third-order valence-corrected chi connectivity index (χ3v) is 5.13. The molecule has 0 aliphatic carbocycles. The number of anilines is 2. The second kappa shape index (κ2) is 9.03. The lowest BCUT2D eigenvalue weighted by Crippen LogP contribution is -2.28. The van der Waals surface area contributed by atoms with E-state index in [4.69, 9.17) is 0 Å². The number of rotatable bonds is 4. The lowest BCUT2D eigenvalue weighted by atomic mass is 10.2.